The molecule has 0 fully saturated rings. The fraction of sp³-hybridized carbons (Fsp3) is 0.872. The van der Waals surface area contributed by atoms with Gasteiger partial charge in [0, 0.05) is 12.8 Å². The molecule has 0 saturated carbocycles. The van der Waals surface area contributed by atoms with Crippen LogP contribution in [0.1, 0.15) is 239 Å². The van der Waals surface area contributed by atoms with Crippen LogP contribution in [0.4, 0.5) is 0 Å². The van der Waals surface area contributed by atoms with E-state index < -0.39 is 12.1 Å². The standard InChI is InChI=1S/C47H89NO5/c1-3-5-7-9-11-13-15-17-18-19-20-23-27-31-35-39-45(50)44(43-49)48-46(51)40-36-32-28-24-22-26-30-34-38-42-53-47(52)41-37-33-29-25-21-16-14-12-10-8-6-4-2/h24,28,35,39,44-45,49-50H,3-23,25-27,29-34,36-38,40-43H2,1-2H3,(H,48,51)/b28-24-,39-35+. The van der Waals surface area contributed by atoms with E-state index in [0.717, 1.165) is 70.6 Å². The van der Waals surface area contributed by atoms with Crippen molar-refractivity contribution < 1.29 is 24.5 Å². The number of ether oxygens (including phenoxy) is 1. The van der Waals surface area contributed by atoms with Gasteiger partial charge < -0.3 is 20.3 Å². The number of amides is 1. The Morgan fingerprint density at radius 3 is 1.38 bits per heavy atom. The molecular formula is C47H89NO5. The first kappa shape index (κ1) is 51.3. The number of hydrogen-bond donors (Lipinski definition) is 3. The minimum Gasteiger partial charge on any atom is -0.466 e. The summed E-state index contributed by atoms with van der Waals surface area (Å²) >= 11 is 0. The molecule has 0 saturated heterocycles. The highest BCUT2D eigenvalue weighted by Crippen LogP contribution is 2.15. The van der Waals surface area contributed by atoms with Gasteiger partial charge in [-0.2, -0.15) is 0 Å². The molecule has 0 aromatic rings. The average molecular weight is 748 g/mol. The van der Waals surface area contributed by atoms with Gasteiger partial charge in [0.25, 0.3) is 0 Å². The zero-order chi connectivity index (χ0) is 38.7. The third-order valence-electron chi connectivity index (χ3n) is 10.5. The molecule has 0 aromatic heterocycles. The zero-order valence-corrected chi connectivity index (χ0v) is 35.2. The van der Waals surface area contributed by atoms with E-state index in [4.69, 9.17) is 4.74 Å². The SMILES string of the molecule is CCCCCCCCCCCCCCC/C=C/C(O)C(CO)NC(=O)CCC/C=C\CCCCCCOC(=O)CCCCCCCCCCCCCC. The molecule has 0 bridgehead atoms. The van der Waals surface area contributed by atoms with E-state index in [1.165, 1.54) is 141 Å². The third-order valence-corrected chi connectivity index (χ3v) is 10.5. The van der Waals surface area contributed by atoms with Gasteiger partial charge in [-0.15, -0.1) is 0 Å². The Labute approximate surface area is 329 Å². The Balaban J connectivity index is 3.60. The molecule has 6 heteroatoms. The molecule has 0 aliphatic heterocycles. The molecule has 6 nitrogen and oxygen atoms in total. The van der Waals surface area contributed by atoms with E-state index in [9.17, 15) is 19.8 Å². The molecule has 0 spiro atoms. The summed E-state index contributed by atoms with van der Waals surface area (Å²) in [5.74, 6) is -0.167. The van der Waals surface area contributed by atoms with E-state index in [0.29, 0.717) is 19.4 Å². The monoisotopic (exact) mass is 748 g/mol. The van der Waals surface area contributed by atoms with Crippen LogP contribution in [0, 0.1) is 0 Å². The lowest BCUT2D eigenvalue weighted by Gasteiger charge is -2.19. The van der Waals surface area contributed by atoms with Crippen LogP contribution < -0.4 is 5.32 Å². The minimum absolute atomic E-state index is 0.0380. The van der Waals surface area contributed by atoms with Gasteiger partial charge in [0.1, 0.15) is 0 Å². The van der Waals surface area contributed by atoms with E-state index in [1.807, 2.05) is 6.08 Å². The average Bonchev–Trinajstić information content (AvgIpc) is 3.16. The lowest BCUT2D eigenvalue weighted by Crippen LogP contribution is -2.45. The number of nitrogens with one attached hydrogen (secondary N) is 1. The highest BCUT2D eigenvalue weighted by atomic mass is 16.5. The fourth-order valence-corrected chi connectivity index (χ4v) is 6.87. The highest BCUT2D eigenvalue weighted by Gasteiger charge is 2.17. The lowest BCUT2D eigenvalue weighted by molar-refractivity contribution is -0.143. The number of allylic oxidation sites excluding steroid dienone is 3. The van der Waals surface area contributed by atoms with Crippen LogP contribution in [0.25, 0.3) is 0 Å². The Bertz CT molecular complexity index is 828. The molecule has 0 aromatic carbocycles. The maximum Gasteiger partial charge on any atom is 0.305 e. The van der Waals surface area contributed by atoms with Crippen LogP contribution >= 0.6 is 0 Å². The van der Waals surface area contributed by atoms with Crippen molar-refractivity contribution in [3.05, 3.63) is 24.3 Å². The lowest BCUT2D eigenvalue weighted by atomic mass is 10.0. The maximum atomic E-state index is 12.4. The normalized spacial score (nSPS) is 12.9. The van der Waals surface area contributed by atoms with Crippen molar-refractivity contribution in [3.63, 3.8) is 0 Å². The van der Waals surface area contributed by atoms with E-state index >= 15 is 0 Å². The summed E-state index contributed by atoms with van der Waals surface area (Å²) in [6.07, 6.45) is 48.8. The predicted octanol–water partition coefficient (Wildman–Crippen LogP) is 13.2. The molecule has 53 heavy (non-hydrogen) atoms. The number of carbonyl (C=O) groups is 2. The fourth-order valence-electron chi connectivity index (χ4n) is 6.87. The van der Waals surface area contributed by atoms with Crippen molar-refractivity contribution in [1.29, 1.82) is 0 Å². The zero-order valence-electron chi connectivity index (χ0n) is 35.2. The Morgan fingerprint density at radius 2 is 0.906 bits per heavy atom. The van der Waals surface area contributed by atoms with Crippen molar-refractivity contribution in [2.24, 2.45) is 0 Å². The molecule has 0 aliphatic rings. The maximum absolute atomic E-state index is 12.4. The topological polar surface area (TPSA) is 95.9 Å². The number of aliphatic hydroxyl groups excluding tert-OH is 2. The number of aliphatic hydroxyl groups is 2. The van der Waals surface area contributed by atoms with Crippen LogP contribution in [0.5, 0.6) is 0 Å². The highest BCUT2D eigenvalue weighted by molar-refractivity contribution is 5.76. The van der Waals surface area contributed by atoms with Crippen LogP contribution in [0.3, 0.4) is 0 Å². The Kier molecular flexibility index (Phi) is 41.7. The first-order valence-electron chi connectivity index (χ1n) is 23.1. The molecule has 3 N–H and O–H groups in total. The molecule has 1 amide bonds. The molecular weight excluding hydrogens is 659 g/mol. The number of carbonyl (C=O) groups excluding carboxylic acids is 2. The first-order valence-corrected chi connectivity index (χ1v) is 23.1. The number of unbranched alkanes of at least 4 members (excludes halogenated alkanes) is 29. The number of hydrogen-bond acceptors (Lipinski definition) is 5. The molecule has 0 heterocycles. The third kappa shape index (κ3) is 39.8. The van der Waals surface area contributed by atoms with Gasteiger partial charge in [-0.25, -0.2) is 0 Å². The number of esters is 1. The molecule has 2 unspecified atom stereocenters. The van der Waals surface area contributed by atoms with Gasteiger partial charge in [-0.3, -0.25) is 9.59 Å². The number of rotatable bonds is 42. The summed E-state index contributed by atoms with van der Waals surface area (Å²) in [6, 6.07) is -0.663. The second-order valence-electron chi connectivity index (χ2n) is 15.7. The van der Waals surface area contributed by atoms with Crippen LogP contribution in [-0.4, -0.2) is 47.4 Å². The van der Waals surface area contributed by atoms with Crippen molar-refractivity contribution in [2.45, 2.75) is 251 Å². The smallest absolute Gasteiger partial charge is 0.305 e. The van der Waals surface area contributed by atoms with Gasteiger partial charge in [0.2, 0.25) is 5.91 Å². The van der Waals surface area contributed by atoms with E-state index in [-0.39, 0.29) is 18.5 Å². The van der Waals surface area contributed by atoms with Gasteiger partial charge in [-0.05, 0) is 51.4 Å². The first-order chi connectivity index (χ1) is 26.0. The molecule has 0 rings (SSSR count). The Hall–Kier alpha value is -1.66. The molecule has 312 valence electrons. The summed E-state index contributed by atoms with van der Waals surface area (Å²) in [7, 11) is 0. The Morgan fingerprint density at radius 1 is 0.509 bits per heavy atom. The second-order valence-corrected chi connectivity index (χ2v) is 15.7. The van der Waals surface area contributed by atoms with Crippen molar-refractivity contribution >= 4 is 11.9 Å². The summed E-state index contributed by atoms with van der Waals surface area (Å²) in [5.41, 5.74) is 0. The van der Waals surface area contributed by atoms with Gasteiger partial charge >= 0.3 is 5.97 Å². The van der Waals surface area contributed by atoms with E-state index in [1.54, 1.807) is 6.08 Å². The van der Waals surface area contributed by atoms with Gasteiger partial charge in [-0.1, -0.05) is 199 Å². The summed E-state index contributed by atoms with van der Waals surface area (Å²) in [4.78, 5) is 24.3. The van der Waals surface area contributed by atoms with Gasteiger partial charge in [0.15, 0.2) is 0 Å². The molecule has 0 aliphatic carbocycles. The second kappa shape index (κ2) is 43.1. The van der Waals surface area contributed by atoms with Gasteiger partial charge in [0.05, 0.1) is 25.4 Å². The summed E-state index contributed by atoms with van der Waals surface area (Å²) < 4.78 is 5.42. The predicted molar refractivity (Wildman–Crippen MR) is 227 cm³/mol. The van der Waals surface area contributed by atoms with Crippen LogP contribution in [0.15, 0.2) is 24.3 Å². The molecule has 2 atom stereocenters. The molecule has 0 radical (unpaired) electrons. The van der Waals surface area contributed by atoms with Crippen molar-refractivity contribution in [1.82, 2.24) is 5.32 Å². The minimum atomic E-state index is -0.873. The van der Waals surface area contributed by atoms with Crippen LogP contribution in [-0.2, 0) is 14.3 Å². The van der Waals surface area contributed by atoms with Crippen molar-refractivity contribution in [3.8, 4) is 0 Å². The van der Waals surface area contributed by atoms with Crippen LogP contribution in [0.2, 0.25) is 0 Å². The largest absolute Gasteiger partial charge is 0.466 e. The summed E-state index contributed by atoms with van der Waals surface area (Å²) in [5, 5.41) is 22.9. The van der Waals surface area contributed by atoms with Crippen molar-refractivity contribution in [2.75, 3.05) is 13.2 Å². The summed E-state index contributed by atoms with van der Waals surface area (Å²) in [6.45, 7) is 4.80. The van der Waals surface area contributed by atoms with E-state index in [2.05, 4.69) is 31.3 Å². The quantitative estimate of drug-likeness (QED) is 0.0328.